The summed E-state index contributed by atoms with van der Waals surface area (Å²) in [6.07, 6.45) is 0. The zero-order chi connectivity index (χ0) is 13.9. The number of fused-ring (bicyclic) bond motifs is 2. The van der Waals surface area contributed by atoms with Gasteiger partial charge in [0.1, 0.15) is 5.15 Å². The normalized spacial score (nSPS) is 15.2. The van der Waals surface area contributed by atoms with Gasteiger partial charge in [0.15, 0.2) is 0 Å². The summed E-state index contributed by atoms with van der Waals surface area (Å²) in [6.45, 7) is 4.55. The summed E-state index contributed by atoms with van der Waals surface area (Å²) in [5.74, 6) is 0. The maximum atomic E-state index is 6.21. The fraction of sp³-hybridized carbons (Fsp3) is 0.167. The van der Waals surface area contributed by atoms with Gasteiger partial charge in [-0.15, -0.1) is 0 Å². The fourth-order valence-corrected chi connectivity index (χ4v) is 3.60. The molecular formula is C18H14ClN. The third-order valence-electron chi connectivity index (χ3n) is 4.37. The van der Waals surface area contributed by atoms with Gasteiger partial charge in [0.2, 0.25) is 0 Å². The highest BCUT2D eigenvalue weighted by molar-refractivity contribution is 6.30. The maximum absolute atomic E-state index is 6.21. The SMILES string of the molecule is CC1(C)c2ccccc2-c2cc(Cl)nc3cccc1c23. The minimum Gasteiger partial charge on any atom is -0.236 e. The topological polar surface area (TPSA) is 12.9 Å². The van der Waals surface area contributed by atoms with Crippen LogP contribution in [-0.2, 0) is 5.41 Å². The lowest BCUT2D eigenvalue weighted by Gasteiger charge is -2.34. The van der Waals surface area contributed by atoms with Crippen LogP contribution in [0, 0.1) is 0 Å². The van der Waals surface area contributed by atoms with E-state index in [0.717, 1.165) is 5.52 Å². The molecule has 1 nitrogen and oxygen atoms in total. The third-order valence-corrected chi connectivity index (χ3v) is 4.56. The van der Waals surface area contributed by atoms with Crippen molar-refractivity contribution < 1.29 is 0 Å². The Morgan fingerprint density at radius 1 is 0.900 bits per heavy atom. The van der Waals surface area contributed by atoms with Crippen LogP contribution < -0.4 is 0 Å². The lowest BCUT2D eigenvalue weighted by Crippen LogP contribution is -2.23. The molecule has 2 heteroatoms. The second-order valence-corrected chi connectivity index (χ2v) is 6.25. The Labute approximate surface area is 123 Å². The molecule has 1 heterocycles. The minimum atomic E-state index is -0.0153. The highest BCUT2D eigenvalue weighted by Gasteiger charge is 2.33. The molecular weight excluding hydrogens is 266 g/mol. The summed E-state index contributed by atoms with van der Waals surface area (Å²) >= 11 is 6.21. The fourth-order valence-electron chi connectivity index (χ4n) is 3.40. The summed E-state index contributed by atoms with van der Waals surface area (Å²) in [6, 6.07) is 16.9. The molecule has 1 aliphatic carbocycles. The number of pyridine rings is 1. The molecule has 0 saturated heterocycles. The summed E-state index contributed by atoms with van der Waals surface area (Å²) in [5.41, 5.74) is 6.11. The molecule has 1 aromatic heterocycles. The number of aromatic nitrogens is 1. The number of rotatable bonds is 0. The van der Waals surface area contributed by atoms with Crippen LogP contribution in [0.1, 0.15) is 25.0 Å². The molecule has 0 radical (unpaired) electrons. The van der Waals surface area contributed by atoms with Crippen molar-refractivity contribution in [2.24, 2.45) is 0 Å². The Morgan fingerprint density at radius 2 is 1.65 bits per heavy atom. The lowest BCUT2D eigenvalue weighted by molar-refractivity contribution is 0.645. The zero-order valence-corrected chi connectivity index (χ0v) is 12.2. The van der Waals surface area contributed by atoms with Gasteiger partial charge >= 0.3 is 0 Å². The second-order valence-electron chi connectivity index (χ2n) is 5.86. The smallest absolute Gasteiger partial charge is 0.130 e. The number of nitrogens with zero attached hydrogens (tertiary/aromatic N) is 1. The van der Waals surface area contributed by atoms with E-state index >= 15 is 0 Å². The molecule has 20 heavy (non-hydrogen) atoms. The van der Waals surface area contributed by atoms with Crippen molar-refractivity contribution in [1.29, 1.82) is 0 Å². The van der Waals surface area contributed by atoms with Crippen LogP contribution in [0.25, 0.3) is 22.0 Å². The maximum Gasteiger partial charge on any atom is 0.130 e. The molecule has 98 valence electrons. The molecule has 0 aliphatic heterocycles. The van der Waals surface area contributed by atoms with Crippen molar-refractivity contribution in [3.8, 4) is 11.1 Å². The number of hydrogen-bond acceptors (Lipinski definition) is 1. The second kappa shape index (κ2) is 3.83. The van der Waals surface area contributed by atoms with Crippen molar-refractivity contribution in [2.45, 2.75) is 19.3 Å². The molecule has 0 unspecified atom stereocenters. The van der Waals surface area contributed by atoms with Crippen molar-refractivity contribution in [3.05, 3.63) is 64.8 Å². The van der Waals surface area contributed by atoms with Gasteiger partial charge in [-0.3, -0.25) is 0 Å². The predicted octanol–water partition coefficient (Wildman–Crippen LogP) is 5.19. The molecule has 2 aromatic carbocycles. The first-order valence-electron chi connectivity index (χ1n) is 6.78. The Kier molecular flexibility index (Phi) is 2.28. The van der Waals surface area contributed by atoms with E-state index in [-0.39, 0.29) is 5.41 Å². The Morgan fingerprint density at radius 3 is 2.50 bits per heavy atom. The first-order chi connectivity index (χ1) is 9.59. The van der Waals surface area contributed by atoms with E-state index in [1.165, 1.54) is 27.6 Å². The van der Waals surface area contributed by atoms with E-state index < -0.39 is 0 Å². The molecule has 4 rings (SSSR count). The monoisotopic (exact) mass is 279 g/mol. The van der Waals surface area contributed by atoms with Gasteiger partial charge in [0.25, 0.3) is 0 Å². The largest absolute Gasteiger partial charge is 0.236 e. The summed E-state index contributed by atoms with van der Waals surface area (Å²) < 4.78 is 0. The Hall–Kier alpha value is -1.86. The van der Waals surface area contributed by atoms with Gasteiger partial charge in [-0.05, 0) is 34.4 Å². The van der Waals surface area contributed by atoms with E-state index in [9.17, 15) is 0 Å². The number of hydrogen-bond donors (Lipinski definition) is 0. The molecule has 0 saturated carbocycles. The molecule has 0 atom stereocenters. The molecule has 0 N–H and O–H groups in total. The Balaban J connectivity index is 2.28. The van der Waals surface area contributed by atoms with Crippen LogP contribution in [0.5, 0.6) is 0 Å². The van der Waals surface area contributed by atoms with Crippen molar-refractivity contribution in [1.82, 2.24) is 4.98 Å². The summed E-state index contributed by atoms with van der Waals surface area (Å²) in [4.78, 5) is 4.48. The highest BCUT2D eigenvalue weighted by atomic mass is 35.5. The summed E-state index contributed by atoms with van der Waals surface area (Å²) in [5, 5.41) is 1.79. The van der Waals surface area contributed by atoms with Crippen molar-refractivity contribution in [2.75, 3.05) is 0 Å². The van der Waals surface area contributed by atoms with E-state index in [1.54, 1.807) is 0 Å². The van der Waals surface area contributed by atoms with E-state index in [1.807, 2.05) is 12.1 Å². The third kappa shape index (κ3) is 1.41. The minimum absolute atomic E-state index is 0.0153. The number of halogens is 1. The van der Waals surface area contributed by atoms with Crippen molar-refractivity contribution >= 4 is 22.5 Å². The van der Waals surface area contributed by atoms with Crippen LogP contribution in [0.3, 0.4) is 0 Å². The van der Waals surface area contributed by atoms with Crippen LogP contribution >= 0.6 is 11.6 Å². The van der Waals surface area contributed by atoms with Crippen LogP contribution in [0.15, 0.2) is 48.5 Å². The standard InChI is InChI=1S/C18H14ClN/c1-18(2)13-7-4-3-6-11(13)12-10-16(19)20-15-9-5-8-14(18)17(12)15/h3-10H,1-2H3. The van der Waals surface area contributed by atoms with Gasteiger partial charge in [0, 0.05) is 10.8 Å². The van der Waals surface area contributed by atoms with Gasteiger partial charge < -0.3 is 0 Å². The highest BCUT2D eigenvalue weighted by Crippen LogP contribution is 2.48. The number of benzene rings is 2. The molecule has 3 aromatic rings. The molecule has 0 amide bonds. The average molecular weight is 280 g/mol. The molecule has 0 fully saturated rings. The van der Waals surface area contributed by atoms with E-state index in [0.29, 0.717) is 5.15 Å². The van der Waals surface area contributed by atoms with E-state index in [2.05, 4.69) is 55.2 Å². The molecule has 0 bridgehead atoms. The summed E-state index contributed by atoms with van der Waals surface area (Å²) in [7, 11) is 0. The van der Waals surface area contributed by atoms with Crippen LogP contribution in [0.4, 0.5) is 0 Å². The van der Waals surface area contributed by atoms with Crippen LogP contribution in [0.2, 0.25) is 5.15 Å². The van der Waals surface area contributed by atoms with Gasteiger partial charge in [0.05, 0.1) is 5.52 Å². The molecule has 0 spiro atoms. The zero-order valence-electron chi connectivity index (χ0n) is 11.4. The first-order valence-corrected chi connectivity index (χ1v) is 7.16. The van der Waals surface area contributed by atoms with E-state index in [4.69, 9.17) is 11.6 Å². The quantitative estimate of drug-likeness (QED) is 0.516. The van der Waals surface area contributed by atoms with Crippen LogP contribution in [-0.4, -0.2) is 4.98 Å². The van der Waals surface area contributed by atoms with Crippen molar-refractivity contribution in [3.63, 3.8) is 0 Å². The average Bonchev–Trinajstić information content (AvgIpc) is 2.44. The van der Waals surface area contributed by atoms with Gasteiger partial charge in [-0.25, -0.2) is 4.98 Å². The van der Waals surface area contributed by atoms with Gasteiger partial charge in [-0.2, -0.15) is 0 Å². The van der Waals surface area contributed by atoms with Gasteiger partial charge in [-0.1, -0.05) is 61.8 Å². The lowest BCUT2D eigenvalue weighted by atomic mass is 9.69. The molecule has 1 aliphatic rings. The Bertz CT molecular complexity index is 849. The predicted molar refractivity (Wildman–Crippen MR) is 84.3 cm³/mol. The first kappa shape index (κ1) is 11.9.